The number of nitrogens with one attached hydrogen (secondary N) is 2. The Kier molecular flexibility index (Phi) is 10.3. The average molecular weight is 516 g/mol. The first-order valence-corrected chi connectivity index (χ1v) is 9.56. The maximum Gasteiger partial charge on any atom is 0.191 e. The zero-order chi connectivity index (χ0) is 19.8. The number of hydrogen-bond acceptors (Lipinski definition) is 5. The summed E-state index contributed by atoms with van der Waals surface area (Å²) in [6, 6.07) is 4.07. The third kappa shape index (κ3) is 6.37. The fraction of sp³-hybridized carbons (Fsp3) is 0.400. The van der Waals surface area contributed by atoms with Gasteiger partial charge in [-0.1, -0.05) is 6.08 Å². The van der Waals surface area contributed by atoms with E-state index >= 15 is 0 Å². The maximum absolute atomic E-state index is 5.49. The van der Waals surface area contributed by atoms with Crippen molar-refractivity contribution in [3.05, 3.63) is 51.5 Å². The minimum Gasteiger partial charge on any atom is -0.493 e. The molecule has 8 heteroatoms. The first-order chi connectivity index (χ1) is 13.0. The van der Waals surface area contributed by atoms with Crippen LogP contribution in [-0.2, 0) is 19.5 Å². The van der Waals surface area contributed by atoms with Gasteiger partial charge in [-0.3, -0.25) is 4.99 Å². The van der Waals surface area contributed by atoms with Gasteiger partial charge in [0.05, 0.1) is 26.5 Å². The van der Waals surface area contributed by atoms with Crippen molar-refractivity contribution in [2.75, 3.05) is 21.3 Å². The average Bonchev–Trinajstić information content (AvgIpc) is 2.99. The Morgan fingerprint density at radius 1 is 1.21 bits per heavy atom. The van der Waals surface area contributed by atoms with Crippen molar-refractivity contribution in [3.8, 4) is 11.5 Å². The highest BCUT2D eigenvalue weighted by Gasteiger charge is 2.12. The number of allylic oxidation sites excluding steroid dienone is 1. The maximum atomic E-state index is 5.49. The fourth-order valence-corrected chi connectivity index (χ4v) is 3.57. The smallest absolute Gasteiger partial charge is 0.191 e. The van der Waals surface area contributed by atoms with E-state index < -0.39 is 0 Å². The molecule has 2 aromatic rings. The van der Waals surface area contributed by atoms with Crippen molar-refractivity contribution in [1.82, 2.24) is 15.6 Å². The molecule has 0 amide bonds. The van der Waals surface area contributed by atoms with Gasteiger partial charge in [0.15, 0.2) is 17.5 Å². The third-order valence-electron chi connectivity index (χ3n) is 4.14. The van der Waals surface area contributed by atoms with Crippen molar-refractivity contribution >= 4 is 41.3 Å². The van der Waals surface area contributed by atoms with Gasteiger partial charge in [0.2, 0.25) is 0 Å². The van der Waals surface area contributed by atoms with Gasteiger partial charge in [-0.2, -0.15) is 0 Å². The number of ether oxygens (including phenoxy) is 2. The first kappa shape index (κ1) is 24.2. The summed E-state index contributed by atoms with van der Waals surface area (Å²) in [6.45, 7) is 9.19. The Labute approximate surface area is 188 Å². The Morgan fingerprint density at radius 2 is 1.93 bits per heavy atom. The number of halogens is 1. The molecule has 6 nitrogen and oxygen atoms in total. The second-order valence-electron chi connectivity index (χ2n) is 6.01. The molecule has 0 radical (unpaired) electrons. The van der Waals surface area contributed by atoms with Crippen LogP contribution in [0.4, 0.5) is 0 Å². The summed E-state index contributed by atoms with van der Waals surface area (Å²) in [6.07, 6.45) is 2.57. The molecule has 1 heterocycles. The number of methoxy groups -OCH3 is 2. The Morgan fingerprint density at radius 3 is 2.46 bits per heavy atom. The van der Waals surface area contributed by atoms with E-state index in [0.29, 0.717) is 25.3 Å². The van der Waals surface area contributed by atoms with E-state index in [0.717, 1.165) is 33.5 Å². The molecule has 0 aliphatic carbocycles. The van der Waals surface area contributed by atoms with E-state index in [-0.39, 0.29) is 24.0 Å². The molecule has 0 aliphatic heterocycles. The van der Waals surface area contributed by atoms with Gasteiger partial charge in [-0.05, 0) is 38.0 Å². The molecule has 28 heavy (non-hydrogen) atoms. The first-order valence-electron chi connectivity index (χ1n) is 8.74. The van der Waals surface area contributed by atoms with Crippen LogP contribution in [0.2, 0.25) is 0 Å². The zero-order valence-electron chi connectivity index (χ0n) is 17.1. The number of aliphatic imine (C=N–C) groups is 1. The summed E-state index contributed by atoms with van der Waals surface area (Å²) in [5.41, 5.74) is 3.20. The molecule has 0 bridgehead atoms. The lowest BCUT2D eigenvalue weighted by Crippen LogP contribution is -2.36. The molecule has 0 aliphatic rings. The molecular weight excluding hydrogens is 487 g/mol. The molecule has 0 saturated carbocycles. The minimum absolute atomic E-state index is 0. The summed E-state index contributed by atoms with van der Waals surface area (Å²) in [5, 5.41) is 7.68. The summed E-state index contributed by atoms with van der Waals surface area (Å²) in [5.74, 6) is 2.18. The lowest BCUT2D eigenvalue weighted by Gasteiger charge is -2.16. The third-order valence-corrected chi connectivity index (χ3v) is 5.22. The van der Waals surface area contributed by atoms with Crippen LogP contribution in [-0.4, -0.2) is 32.2 Å². The molecule has 1 aromatic heterocycles. The lowest BCUT2D eigenvalue weighted by molar-refractivity contribution is 0.352. The van der Waals surface area contributed by atoms with Gasteiger partial charge in [0, 0.05) is 24.0 Å². The van der Waals surface area contributed by atoms with Crippen LogP contribution in [0.1, 0.15) is 26.7 Å². The summed E-state index contributed by atoms with van der Waals surface area (Å²) < 4.78 is 11.0. The Bertz CT molecular complexity index is 801. The van der Waals surface area contributed by atoms with Crippen LogP contribution >= 0.6 is 35.3 Å². The second-order valence-corrected chi connectivity index (χ2v) is 7.30. The van der Waals surface area contributed by atoms with Crippen molar-refractivity contribution in [2.45, 2.75) is 33.4 Å². The summed E-state index contributed by atoms with van der Waals surface area (Å²) in [4.78, 5) is 10.1. The van der Waals surface area contributed by atoms with Gasteiger partial charge < -0.3 is 20.1 Å². The molecule has 2 N–H and O–H groups in total. The fourth-order valence-electron chi connectivity index (χ4n) is 2.70. The second kappa shape index (κ2) is 11.9. The zero-order valence-corrected chi connectivity index (χ0v) is 20.2. The standard InChI is InChI=1S/C20H28N4O2S.HI/c1-7-8-16-9-15(10-17(25-5)19(16)26-6)11-22-20(21-4)23-12-18-24-13(2)14(3)27-18;/h7,9-10H,1,8,11-12H2,2-6H3,(H2,21,22,23);1H. The molecule has 2 rings (SSSR count). The van der Waals surface area contributed by atoms with E-state index in [1.54, 1.807) is 32.6 Å². The van der Waals surface area contributed by atoms with E-state index in [1.165, 1.54) is 4.88 Å². The van der Waals surface area contributed by atoms with Gasteiger partial charge in [0.25, 0.3) is 0 Å². The number of hydrogen-bond donors (Lipinski definition) is 2. The highest BCUT2D eigenvalue weighted by Crippen LogP contribution is 2.33. The largest absolute Gasteiger partial charge is 0.493 e. The summed E-state index contributed by atoms with van der Waals surface area (Å²) in [7, 11) is 5.05. The monoisotopic (exact) mass is 516 g/mol. The number of nitrogens with zero attached hydrogens (tertiary/aromatic N) is 2. The van der Waals surface area contributed by atoms with Crippen LogP contribution in [0, 0.1) is 13.8 Å². The SMILES string of the molecule is C=CCc1cc(CNC(=NC)NCc2nc(C)c(C)s2)cc(OC)c1OC.I. The van der Waals surface area contributed by atoms with Gasteiger partial charge in [-0.25, -0.2) is 4.98 Å². The quantitative estimate of drug-likeness (QED) is 0.241. The Balaban J connectivity index is 0.00000392. The molecule has 0 spiro atoms. The van der Waals surface area contributed by atoms with Crippen molar-refractivity contribution in [2.24, 2.45) is 4.99 Å². The number of aromatic nitrogens is 1. The normalized spacial score (nSPS) is 10.8. The van der Waals surface area contributed by atoms with E-state index in [9.17, 15) is 0 Å². The topological polar surface area (TPSA) is 67.8 Å². The van der Waals surface area contributed by atoms with E-state index in [2.05, 4.69) is 40.2 Å². The molecule has 1 aromatic carbocycles. The van der Waals surface area contributed by atoms with Crippen LogP contribution in [0.15, 0.2) is 29.8 Å². The van der Waals surface area contributed by atoms with Crippen LogP contribution in [0.5, 0.6) is 11.5 Å². The van der Waals surface area contributed by atoms with E-state index in [4.69, 9.17) is 9.47 Å². The Hall–Kier alpha value is -1.81. The molecule has 0 saturated heterocycles. The molecular formula is C20H29IN4O2S. The van der Waals surface area contributed by atoms with Crippen LogP contribution in [0.3, 0.4) is 0 Å². The van der Waals surface area contributed by atoms with E-state index in [1.807, 2.05) is 19.1 Å². The molecule has 0 fully saturated rings. The lowest BCUT2D eigenvalue weighted by atomic mass is 10.1. The number of thiazole rings is 1. The summed E-state index contributed by atoms with van der Waals surface area (Å²) >= 11 is 1.70. The predicted molar refractivity (Wildman–Crippen MR) is 127 cm³/mol. The molecule has 154 valence electrons. The molecule has 0 unspecified atom stereocenters. The van der Waals surface area contributed by atoms with Gasteiger partial charge >= 0.3 is 0 Å². The highest BCUT2D eigenvalue weighted by atomic mass is 127. The van der Waals surface area contributed by atoms with Crippen LogP contribution in [0.25, 0.3) is 0 Å². The van der Waals surface area contributed by atoms with Crippen LogP contribution < -0.4 is 20.1 Å². The number of aryl methyl sites for hydroxylation is 2. The molecule has 0 atom stereocenters. The highest BCUT2D eigenvalue weighted by molar-refractivity contribution is 14.0. The predicted octanol–water partition coefficient (Wildman–Crippen LogP) is 3.99. The van der Waals surface area contributed by atoms with Crippen molar-refractivity contribution in [3.63, 3.8) is 0 Å². The minimum atomic E-state index is 0. The number of rotatable bonds is 8. The van der Waals surface area contributed by atoms with Crippen molar-refractivity contribution in [1.29, 1.82) is 0 Å². The van der Waals surface area contributed by atoms with Gasteiger partial charge in [0.1, 0.15) is 5.01 Å². The van der Waals surface area contributed by atoms with Gasteiger partial charge in [-0.15, -0.1) is 41.9 Å². The van der Waals surface area contributed by atoms with Crippen molar-refractivity contribution < 1.29 is 9.47 Å². The number of guanidine groups is 1. The number of benzene rings is 1.